The summed E-state index contributed by atoms with van der Waals surface area (Å²) in [6.45, 7) is 2.47. The molecule has 0 bridgehead atoms. The molecule has 5 heteroatoms. The Kier molecular flexibility index (Phi) is 4.58. The monoisotopic (exact) mass is 254 g/mol. The number of carboxylic acids is 1. The molecule has 0 spiro atoms. The molecule has 0 radical (unpaired) electrons. The van der Waals surface area contributed by atoms with Crippen LogP contribution in [0.3, 0.4) is 0 Å². The predicted molar refractivity (Wildman–Crippen MR) is 67.2 cm³/mol. The number of rotatable bonds is 4. The van der Waals surface area contributed by atoms with Gasteiger partial charge in [0.1, 0.15) is 0 Å². The third-order valence-electron chi connectivity index (χ3n) is 3.97. The summed E-state index contributed by atoms with van der Waals surface area (Å²) in [6.07, 6.45) is 5.08. The number of carbonyl (C=O) groups is 2. The molecule has 2 saturated heterocycles. The summed E-state index contributed by atoms with van der Waals surface area (Å²) in [7, 11) is 0. The quantitative estimate of drug-likeness (QED) is 0.780. The smallest absolute Gasteiger partial charge is 0.303 e. The first-order chi connectivity index (χ1) is 8.66. The third-order valence-corrected chi connectivity index (χ3v) is 3.97. The van der Waals surface area contributed by atoms with Crippen molar-refractivity contribution in [3.63, 3.8) is 0 Å². The molecule has 2 N–H and O–H groups in total. The Labute approximate surface area is 108 Å². The fourth-order valence-electron chi connectivity index (χ4n) is 2.88. The van der Waals surface area contributed by atoms with Crippen LogP contribution in [0.15, 0.2) is 0 Å². The molecular weight excluding hydrogens is 232 g/mol. The van der Waals surface area contributed by atoms with E-state index in [9.17, 15) is 9.59 Å². The number of carboxylic acid groups (broad SMARTS) is 1. The van der Waals surface area contributed by atoms with E-state index < -0.39 is 5.97 Å². The van der Waals surface area contributed by atoms with Gasteiger partial charge in [-0.05, 0) is 38.1 Å². The average molecular weight is 254 g/mol. The van der Waals surface area contributed by atoms with Gasteiger partial charge < -0.3 is 15.3 Å². The maximum Gasteiger partial charge on any atom is 0.303 e. The molecule has 18 heavy (non-hydrogen) atoms. The average Bonchev–Trinajstić information content (AvgIpc) is 2.85. The van der Waals surface area contributed by atoms with Gasteiger partial charge in [0.25, 0.3) is 0 Å². The van der Waals surface area contributed by atoms with Gasteiger partial charge in [0.15, 0.2) is 0 Å². The van der Waals surface area contributed by atoms with Gasteiger partial charge in [-0.3, -0.25) is 9.59 Å². The van der Waals surface area contributed by atoms with E-state index in [1.54, 1.807) is 0 Å². The van der Waals surface area contributed by atoms with Crippen LogP contribution in [0.4, 0.5) is 0 Å². The molecule has 0 aromatic heterocycles. The second-order valence-electron chi connectivity index (χ2n) is 5.37. The molecule has 5 nitrogen and oxygen atoms in total. The molecular formula is C13H22N2O3. The minimum absolute atomic E-state index is 0.00280. The summed E-state index contributed by atoms with van der Waals surface area (Å²) < 4.78 is 0. The largest absolute Gasteiger partial charge is 0.481 e. The zero-order valence-corrected chi connectivity index (χ0v) is 10.7. The molecule has 2 fully saturated rings. The van der Waals surface area contributed by atoms with Gasteiger partial charge >= 0.3 is 5.97 Å². The van der Waals surface area contributed by atoms with E-state index in [2.05, 4.69) is 5.32 Å². The molecule has 0 aromatic rings. The minimum Gasteiger partial charge on any atom is -0.481 e. The van der Waals surface area contributed by atoms with E-state index in [1.165, 1.54) is 0 Å². The van der Waals surface area contributed by atoms with Crippen molar-refractivity contribution < 1.29 is 14.7 Å². The fraction of sp³-hybridized carbons (Fsp3) is 0.846. The molecule has 0 aromatic carbocycles. The SMILES string of the molecule is O=C(O)CCC1CCN(C(=O)[C@@H]2CCCCN2)C1. The van der Waals surface area contributed by atoms with Crippen molar-refractivity contribution in [2.75, 3.05) is 19.6 Å². The normalized spacial score (nSPS) is 28.3. The van der Waals surface area contributed by atoms with Crippen LogP contribution in [0.25, 0.3) is 0 Å². The van der Waals surface area contributed by atoms with Crippen molar-refractivity contribution in [2.45, 2.75) is 44.6 Å². The van der Waals surface area contributed by atoms with Crippen LogP contribution in [0.1, 0.15) is 38.5 Å². The molecule has 1 unspecified atom stereocenters. The predicted octanol–water partition coefficient (Wildman–Crippen LogP) is 0.842. The second kappa shape index (κ2) is 6.18. The maximum atomic E-state index is 12.2. The lowest BCUT2D eigenvalue weighted by Crippen LogP contribution is -2.47. The number of amides is 1. The van der Waals surface area contributed by atoms with Gasteiger partial charge in [0, 0.05) is 19.5 Å². The fourth-order valence-corrected chi connectivity index (χ4v) is 2.88. The Morgan fingerprint density at radius 2 is 2.11 bits per heavy atom. The Balaban J connectivity index is 1.77. The zero-order chi connectivity index (χ0) is 13.0. The second-order valence-corrected chi connectivity index (χ2v) is 5.37. The summed E-state index contributed by atoms with van der Waals surface area (Å²) in [5, 5.41) is 11.9. The lowest BCUT2D eigenvalue weighted by molar-refractivity contribution is -0.137. The number of likely N-dealkylation sites (tertiary alicyclic amines) is 1. The molecule has 0 aliphatic carbocycles. The van der Waals surface area contributed by atoms with E-state index in [-0.39, 0.29) is 18.4 Å². The van der Waals surface area contributed by atoms with Crippen LogP contribution in [0.2, 0.25) is 0 Å². The van der Waals surface area contributed by atoms with E-state index in [0.29, 0.717) is 12.3 Å². The van der Waals surface area contributed by atoms with Crippen LogP contribution in [0, 0.1) is 5.92 Å². The maximum absolute atomic E-state index is 12.2. The Morgan fingerprint density at radius 1 is 1.28 bits per heavy atom. The highest BCUT2D eigenvalue weighted by Crippen LogP contribution is 2.22. The van der Waals surface area contributed by atoms with Crippen LogP contribution in [-0.2, 0) is 9.59 Å². The minimum atomic E-state index is -0.742. The topological polar surface area (TPSA) is 69.6 Å². The Hall–Kier alpha value is -1.10. The van der Waals surface area contributed by atoms with Crippen LogP contribution >= 0.6 is 0 Å². The van der Waals surface area contributed by atoms with Crippen molar-refractivity contribution in [1.82, 2.24) is 10.2 Å². The Bertz CT molecular complexity index is 313. The molecule has 2 aliphatic rings. The Morgan fingerprint density at radius 3 is 2.78 bits per heavy atom. The highest BCUT2D eigenvalue weighted by molar-refractivity contribution is 5.82. The summed E-state index contributed by atoms with van der Waals surface area (Å²) in [5.41, 5.74) is 0. The highest BCUT2D eigenvalue weighted by atomic mass is 16.4. The molecule has 102 valence electrons. The van der Waals surface area contributed by atoms with Gasteiger partial charge in [-0.1, -0.05) is 6.42 Å². The summed E-state index contributed by atoms with van der Waals surface area (Å²) >= 11 is 0. The van der Waals surface area contributed by atoms with E-state index in [4.69, 9.17) is 5.11 Å². The first-order valence-electron chi connectivity index (χ1n) is 6.91. The van der Waals surface area contributed by atoms with Crippen LogP contribution in [0.5, 0.6) is 0 Å². The van der Waals surface area contributed by atoms with Gasteiger partial charge in [0.05, 0.1) is 6.04 Å². The summed E-state index contributed by atoms with van der Waals surface area (Å²) in [5.74, 6) is -0.158. The lowest BCUT2D eigenvalue weighted by atomic mass is 10.0. The number of aliphatic carboxylic acids is 1. The number of nitrogens with one attached hydrogen (secondary N) is 1. The van der Waals surface area contributed by atoms with E-state index in [1.807, 2.05) is 4.90 Å². The van der Waals surface area contributed by atoms with E-state index >= 15 is 0 Å². The zero-order valence-electron chi connectivity index (χ0n) is 10.7. The molecule has 1 amide bonds. The van der Waals surface area contributed by atoms with Gasteiger partial charge in [-0.15, -0.1) is 0 Å². The molecule has 2 heterocycles. The van der Waals surface area contributed by atoms with Crippen LogP contribution < -0.4 is 5.32 Å². The molecule has 2 rings (SSSR count). The van der Waals surface area contributed by atoms with Crippen molar-refractivity contribution >= 4 is 11.9 Å². The van der Waals surface area contributed by atoms with Gasteiger partial charge in [-0.2, -0.15) is 0 Å². The van der Waals surface area contributed by atoms with Gasteiger partial charge in [0.2, 0.25) is 5.91 Å². The summed E-state index contributed by atoms with van der Waals surface area (Å²) in [4.78, 5) is 24.7. The number of piperidine rings is 1. The molecule has 2 aliphatic heterocycles. The van der Waals surface area contributed by atoms with Gasteiger partial charge in [-0.25, -0.2) is 0 Å². The van der Waals surface area contributed by atoms with E-state index in [0.717, 1.165) is 45.3 Å². The van der Waals surface area contributed by atoms with Crippen molar-refractivity contribution in [2.24, 2.45) is 5.92 Å². The van der Waals surface area contributed by atoms with Crippen molar-refractivity contribution in [3.8, 4) is 0 Å². The number of hydrogen-bond donors (Lipinski definition) is 2. The lowest BCUT2D eigenvalue weighted by Gasteiger charge is -2.27. The summed E-state index contributed by atoms with van der Waals surface area (Å²) in [6, 6.07) is -0.00280. The standard InChI is InChI=1S/C13H22N2O3/c16-12(17)5-4-10-6-8-15(9-10)13(18)11-3-1-2-7-14-11/h10-11,14H,1-9H2,(H,16,17)/t10?,11-/m0/s1. The molecule has 2 atom stereocenters. The first kappa shape index (κ1) is 13.3. The number of hydrogen-bond acceptors (Lipinski definition) is 3. The number of nitrogens with zero attached hydrogens (tertiary/aromatic N) is 1. The molecule has 0 saturated carbocycles. The number of carbonyl (C=O) groups excluding carboxylic acids is 1. The first-order valence-corrected chi connectivity index (χ1v) is 6.91. The highest BCUT2D eigenvalue weighted by Gasteiger charge is 2.31. The van der Waals surface area contributed by atoms with Crippen molar-refractivity contribution in [1.29, 1.82) is 0 Å². The third kappa shape index (κ3) is 3.45. The van der Waals surface area contributed by atoms with Crippen molar-refractivity contribution in [3.05, 3.63) is 0 Å². The van der Waals surface area contributed by atoms with Crippen LogP contribution in [-0.4, -0.2) is 47.6 Å².